The van der Waals surface area contributed by atoms with Crippen LogP contribution in [0.2, 0.25) is 5.02 Å². The highest BCUT2D eigenvalue weighted by Gasteiger charge is 2.22. The minimum absolute atomic E-state index is 0.0496. The maximum absolute atomic E-state index is 12.4. The van der Waals surface area contributed by atoms with Crippen LogP contribution < -0.4 is 4.90 Å². The monoisotopic (exact) mass is 370 g/mol. The summed E-state index contributed by atoms with van der Waals surface area (Å²) in [5, 5.41) is 11.2. The standard InChI is InChI=1S/C19H15ClN2O4/c20-17-8-7-16(22(25)26)11-13(17)6-9-18(23)14-3-1-4-15(12-14)21-10-2-5-19(21)24/h1,3-4,6-9,11-12H,2,5,10H2/b9-6+. The third-order valence-corrected chi connectivity index (χ3v) is 4.46. The zero-order valence-electron chi connectivity index (χ0n) is 13.7. The van der Waals surface area contributed by atoms with Crippen molar-refractivity contribution < 1.29 is 14.5 Å². The predicted octanol–water partition coefficient (Wildman–Crippen LogP) is 4.27. The Bertz CT molecular complexity index is 924. The number of hydrogen-bond donors (Lipinski definition) is 0. The van der Waals surface area contributed by atoms with Gasteiger partial charge in [-0.2, -0.15) is 0 Å². The van der Waals surface area contributed by atoms with Gasteiger partial charge in [-0.3, -0.25) is 19.7 Å². The molecule has 1 amide bonds. The van der Waals surface area contributed by atoms with Gasteiger partial charge in [0.2, 0.25) is 5.91 Å². The van der Waals surface area contributed by atoms with Crippen LogP contribution in [0.25, 0.3) is 6.08 Å². The molecule has 0 spiro atoms. The van der Waals surface area contributed by atoms with Crippen LogP contribution in [0.15, 0.2) is 48.5 Å². The fourth-order valence-electron chi connectivity index (χ4n) is 2.78. The quantitative estimate of drug-likeness (QED) is 0.340. The number of rotatable bonds is 5. The number of carbonyl (C=O) groups excluding carboxylic acids is 2. The molecule has 0 aromatic heterocycles. The van der Waals surface area contributed by atoms with Gasteiger partial charge in [0.1, 0.15) is 0 Å². The van der Waals surface area contributed by atoms with Crippen molar-refractivity contribution in [3.8, 4) is 0 Å². The van der Waals surface area contributed by atoms with E-state index in [-0.39, 0.29) is 17.4 Å². The van der Waals surface area contributed by atoms with Gasteiger partial charge in [0.15, 0.2) is 5.78 Å². The van der Waals surface area contributed by atoms with Gasteiger partial charge in [-0.25, -0.2) is 0 Å². The molecule has 1 heterocycles. The van der Waals surface area contributed by atoms with E-state index in [2.05, 4.69) is 0 Å². The minimum Gasteiger partial charge on any atom is -0.312 e. The maximum atomic E-state index is 12.4. The van der Waals surface area contributed by atoms with Crippen LogP contribution in [0.1, 0.15) is 28.8 Å². The molecule has 0 unspecified atom stereocenters. The Kier molecular flexibility index (Phi) is 5.14. The molecule has 1 aliphatic rings. The fraction of sp³-hybridized carbons (Fsp3) is 0.158. The number of nitro benzene ring substituents is 1. The van der Waals surface area contributed by atoms with E-state index in [1.807, 2.05) is 0 Å². The molecule has 6 nitrogen and oxygen atoms in total. The summed E-state index contributed by atoms with van der Waals surface area (Å²) in [5.41, 5.74) is 1.41. The Balaban J connectivity index is 1.82. The van der Waals surface area contributed by atoms with E-state index >= 15 is 0 Å². The lowest BCUT2D eigenvalue weighted by molar-refractivity contribution is -0.384. The SMILES string of the molecule is O=C(/C=C/c1cc([N+](=O)[O-])ccc1Cl)c1cccc(N2CCCC2=O)c1. The van der Waals surface area contributed by atoms with Crippen molar-refractivity contribution in [1.82, 2.24) is 0 Å². The number of nitro groups is 1. The molecule has 132 valence electrons. The molecule has 0 saturated carbocycles. The van der Waals surface area contributed by atoms with Gasteiger partial charge in [0, 0.05) is 41.4 Å². The average Bonchev–Trinajstić information content (AvgIpc) is 3.06. The minimum atomic E-state index is -0.522. The number of benzene rings is 2. The molecule has 3 rings (SSSR count). The second-order valence-corrected chi connectivity index (χ2v) is 6.27. The van der Waals surface area contributed by atoms with Crippen molar-refractivity contribution in [3.05, 3.63) is 74.8 Å². The molecule has 1 saturated heterocycles. The van der Waals surface area contributed by atoms with Gasteiger partial charge in [0.05, 0.1) is 4.92 Å². The van der Waals surface area contributed by atoms with Crippen molar-refractivity contribution in [1.29, 1.82) is 0 Å². The Labute approximate surface area is 154 Å². The van der Waals surface area contributed by atoms with Gasteiger partial charge >= 0.3 is 0 Å². The van der Waals surface area contributed by atoms with Crippen LogP contribution in [0.5, 0.6) is 0 Å². The number of hydrogen-bond acceptors (Lipinski definition) is 4. The van der Waals surface area contributed by atoms with E-state index < -0.39 is 4.92 Å². The highest BCUT2D eigenvalue weighted by Crippen LogP contribution is 2.25. The normalized spacial score (nSPS) is 14.2. The number of nitrogens with zero attached hydrogens (tertiary/aromatic N) is 2. The molecular formula is C19H15ClN2O4. The van der Waals surface area contributed by atoms with E-state index in [9.17, 15) is 19.7 Å². The molecule has 0 bridgehead atoms. The lowest BCUT2D eigenvalue weighted by atomic mass is 10.1. The lowest BCUT2D eigenvalue weighted by Crippen LogP contribution is -2.23. The van der Waals surface area contributed by atoms with Gasteiger partial charge in [-0.1, -0.05) is 23.7 Å². The van der Waals surface area contributed by atoms with Gasteiger partial charge < -0.3 is 4.90 Å². The molecule has 2 aromatic rings. The van der Waals surface area contributed by atoms with Crippen LogP contribution in [0.4, 0.5) is 11.4 Å². The van der Waals surface area contributed by atoms with E-state index in [1.54, 1.807) is 29.2 Å². The third-order valence-electron chi connectivity index (χ3n) is 4.12. The number of carbonyl (C=O) groups is 2. The molecule has 2 aromatic carbocycles. The van der Waals surface area contributed by atoms with Crippen LogP contribution in [0.3, 0.4) is 0 Å². The van der Waals surface area contributed by atoms with Crippen LogP contribution >= 0.6 is 11.6 Å². The Morgan fingerprint density at radius 1 is 1.23 bits per heavy atom. The Morgan fingerprint density at radius 2 is 2.04 bits per heavy atom. The van der Waals surface area contributed by atoms with Crippen molar-refractivity contribution in [3.63, 3.8) is 0 Å². The molecule has 0 radical (unpaired) electrons. The molecule has 7 heteroatoms. The van der Waals surface area contributed by atoms with Gasteiger partial charge in [-0.15, -0.1) is 0 Å². The summed E-state index contributed by atoms with van der Waals surface area (Å²) in [6, 6.07) is 10.9. The molecule has 1 aliphatic heterocycles. The summed E-state index contributed by atoms with van der Waals surface area (Å²) < 4.78 is 0. The van der Waals surface area contributed by atoms with E-state index in [4.69, 9.17) is 11.6 Å². The smallest absolute Gasteiger partial charge is 0.270 e. The molecular weight excluding hydrogens is 356 g/mol. The zero-order valence-corrected chi connectivity index (χ0v) is 14.5. The fourth-order valence-corrected chi connectivity index (χ4v) is 2.96. The number of halogens is 1. The van der Waals surface area contributed by atoms with E-state index in [0.717, 1.165) is 6.42 Å². The Hall–Kier alpha value is -2.99. The number of non-ortho nitro benzene ring substituents is 1. The van der Waals surface area contributed by atoms with Crippen molar-refractivity contribution in [2.75, 3.05) is 11.4 Å². The van der Waals surface area contributed by atoms with E-state index in [0.29, 0.717) is 34.8 Å². The van der Waals surface area contributed by atoms with Crippen molar-refractivity contribution in [2.45, 2.75) is 12.8 Å². The van der Waals surface area contributed by atoms with Gasteiger partial charge in [0.25, 0.3) is 5.69 Å². The first-order valence-corrected chi connectivity index (χ1v) is 8.40. The zero-order chi connectivity index (χ0) is 18.7. The van der Waals surface area contributed by atoms with Crippen molar-refractivity contribution in [2.24, 2.45) is 0 Å². The maximum Gasteiger partial charge on any atom is 0.270 e. The topological polar surface area (TPSA) is 80.5 Å². The second kappa shape index (κ2) is 7.49. The highest BCUT2D eigenvalue weighted by molar-refractivity contribution is 6.32. The molecule has 26 heavy (non-hydrogen) atoms. The van der Waals surface area contributed by atoms with Gasteiger partial charge in [-0.05, 0) is 42.3 Å². The van der Waals surface area contributed by atoms with Crippen LogP contribution in [-0.4, -0.2) is 23.2 Å². The largest absolute Gasteiger partial charge is 0.312 e. The summed E-state index contributed by atoms with van der Waals surface area (Å²) in [6.45, 7) is 0.648. The summed E-state index contributed by atoms with van der Waals surface area (Å²) in [6.07, 6.45) is 4.09. The lowest BCUT2D eigenvalue weighted by Gasteiger charge is -2.16. The Morgan fingerprint density at radius 3 is 2.73 bits per heavy atom. The first-order chi connectivity index (χ1) is 12.5. The summed E-state index contributed by atoms with van der Waals surface area (Å²) in [5.74, 6) is -0.227. The first kappa shape index (κ1) is 17.8. The third kappa shape index (κ3) is 3.81. The number of allylic oxidation sites excluding steroid dienone is 1. The molecule has 0 N–H and O–H groups in total. The number of ketones is 1. The summed E-state index contributed by atoms with van der Waals surface area (Å²) >= 11 is 6.03. The highest BCUT2D eigenvalue weighted by atomic mass is 35.5. The second-order valence-electron chi connectivity index (χ2n) is 5.86. The summed E-state index contributed by atoms with van der Waals surface area (Å²) in [4.78, 5) is 36.3. The molecule has 0 aliphatic carbocycles. The summed E-state index contributed by atoms with van der Waals surface area (Å²) in [7, 11) is 0. The van der Waals surface area contributed by atoms with Crippen LogP contribution in [0, 0.1) is 10.1 Å². The van der Waals surface area contributed by atoms with Crippen molar-refractivity contribution >= 4 is 40.7 Å². The average molecular weight is 371 g/mol. The molecule has 1 fully saturated rings. The number of anilines is 1. The molecule has 0 atom stereocenters. The van der Waals surface area contributed by atoms with E-state index in [1.165, 1.54) is 30.4 Å². The first-order valence-electron chi connectivity index (χ1n) is 8.02. The number of amides is 1. The predicted molar refractivity (Wildman–Crippen MR) is 99.5 cm³/mol. The van der Waals surface area contributed by atoms with Crippen LogP contribution in [-0.2, 0) is 4.79 Å².